The zero-order chi connectivity index (χ0) is 13.2. The van der Waals surface area contributed by atoms with E-state index in [1.54, 1.807) is 6.92 Å². The minimum absolute atomic E-state index is 0.000231. The number of hydrogen-bond acceptors (Lipinski definition) is 3. The Balaban J connectivity index is 1.82. The lowest BCUT2D eigenvalue weighted by molar-refractivity contribution is -0.00902. The summed E-state index contributed by atoms with van der Waals surface area (Å²) in [4.78, 5) is 11.5. The van der Waals surface area contributed by atoms with Crippen molar-refractivity contribution in [2.24, 2.45) is 17.8 Å². The second-order valence-corrected chi connectivity index (χ2v) is 6.97. The first-order valence-electron chi connectivity index (χ1n) is 7.27. The second kappa shape index (κ2) is 3.62. The molecule has 5 rings (SSSR count). The van der Waals surface area contributed by atoms with Gasteiger partial charge in [-0.3, -0.25) is 0 Å². The number of carboxylic acids is 1. The Morgan fingerprint density at radius 1 is 1.21 bits per heavy atom. The first kappa shape index (κ1) is 11.5. The van der Waals surface area contributed by atoms with Gasteiger partial charge in [0.1, 0.15) is 17.0 Å². The zero-order valence-corrected chi connectivity index (χ0v) is 11.2. The van der Waals surface area contributed by atoms with Gasteiger partial charge >= 0.3 is 5.97 Å². The van der Waals surface area contributed by atoms with E-state index in [2.05, 4.69) is 5.16 Å². The average molecular weight is 261 g/mol. The highest BCUT2D eigenvalue weighted by molar-refractivity contribution is 5.90. The minimum Gasteiger partial charge on any atom is -0.477 e. The number of aryl methyl sites for hydroxylation is 1. The van der Waals surface area contributed by atoms with Crippen molar-refractivity contribution in [1.82, 2.24) is 5.16 Å². The van der Waals surface area contributed by atoms with Crippen LogP contribution in [0.3, 0.4) is 0 Å². The molecule has 4 nitrogen and oxygen atoms in total. The van der Waals surface area contributed by atoms with Crippen LogP contribution in [0.1, 0.15) is 60.3 Å². The van der Waals surface area contributed by atoms with Gasteiger partial charge in [0, 0.05) is 5.41 Å². The van der Waals surface area contributed by atoms with Gasteiger partial charge in [0.15, 0.2) is 0 Å². The monoisotopic (exact) mass is 261 g/mol. The van der Waals surface area contributed by atoms with E-state index < -0.39 is 5.97 Å². The van der Waals surface area contributed by atoms with Crippen molar-refractivity contribution in [2.75, 3.05) is 0 Å². The first-order chi connectivity index (χ1) is 9.07. The standard InChI is InChI=1S/C15H19NO3/c1-8-12(14(17)18)13(16-19-8)15-5-9-2-10(6-15)4-11(3-9)7-15/h9-11H,2-7H2,1H3,(H,17,18). The third-order valence-corrected chi connectivity index (χ3v) is 5.62. The van der Waals surface area contributed by atoms with Crippen LogP contribution in [-0.2, 0) is 5.41 Å². The van der Waals surface area contributed by atoms with E-state index >= 15 is 0 Å². The molecule has 0 aliphatic heterocycles. The second-order valence-electron chi connectivity index (χ2n) is 6.97. The van der Waals surface area contributed by atoms with Crippen LogP contribution in [0, 0.1) is 24.7 Å². The van der Waals surface area contributed by atoms with E-state index in [0.717, 1.165) is 42.7 Å². The molecule has 4 fully saturated rings. The molecule has 4 saturated carbocycles. The third kappa shape index (κ3) is 1.52. The minimum atomic E-state index is -0.885. The molecule has 4 heteroatoms. The summed E-state index contributed by atoms with van der Waals surface area (Å²) in [5.74, 6) is 1.92. The maximum atomic E-state index is 11.5. The lowest BCUT2D eigenvalue weighted by Gasteiger charge is -2.56. The Hall–Kier alpha value is -1.32. The van der Waals surface area contributed by atoms with Crippen molar-refractivity contribution in [3.05, 3.63) is 17.0 Å². The van der Waals surface area contributed by atoms with Crippen molar-refractivity contribution in [3.8, 4) is 0 Å². The summed E-state index contributed by atoms with van der Waals surface area (Å²) in [6.45, 7) is 1.71. The molecule has 0 radical (unpaired) electrons. The van der Waals surface area contributed by atoms with Crippen LogP contribution in [0.2, 0.25) is 0 Å². The van der Waals surface area contributed by atoms with Gasteiger partial charge in [-0.2, -0.15) is 0 Å². The van der Waals surface area contributed by atoms with Crippen molar-refractivity contribution in [1.29, 1.82) is 0 Å². The van der Waals surface area contributed by atoms with Gasteiger partial charge in [0.05, 0.1) is 0 Å². The molecule has 4 bridgehead atoms. The predicted molar refractivity (Wildman–Crippen MR) is 68.0 cm³/mol. The smallest absolute Gasteiger partial charge is 0.341 e. The Labute approximate surface area is 112 Å². The average Bonchev–Trinajstić information content (AvgIpc) is 2.70. The van der Waals surface area contributed by atoms with Crippen molar-refractivity contribution in [3.63, 3.8) is 0 Å². The maximum absolute atomic E-state index is 11.5. The molecule has 19 heavy (non-hydrogen) atoms. The molecular weight excluding hydrogens is 242 g/mol. The van der Waals surface area contributed by atoms with E-state index in [4.69, 9.17) is 4.52 Å². The first-order valence-corrected chi connectivity index (χ1v) is 7.27. The molecule has 1 N–H and O–H groups in total. The van der Waals surface area contributed by atoms with E-state index in [1.807, 2.05) is 0 Å². The van der Waals surface area contributed by atoms with Crippen LogP contribution in [0.4, 0.5) is 0 Å². The topological polar surface area (TPSA) is 63.3 Å². The number of carbonyl (C=O) groups is 1. The lowest BCUT2D eigenvalue weighted by atomic mass is 9.48. The highest BCUT2D eigenvalue weighted by Crippen LogP contribution is 2.61. The van der Waals surface area contributed by atoms with Crippen LogP contribution in [0.15, 0.2) is 4.52 Å². The van der Waals surface area contributed by atoms with Crippen molar-refractivity contribution in [2.45, 2.75) is 50.9 Å². The fraction of sp³-hybridized carbons (Fsp3) is 0.733. The number of aromatic carboxylic acids is 1. The van der Waals surface area contributed by atoms with Gasteiger partial charge in [-0.25, -0.2) is 4.79 Å². The van der Waals surface area contributed by atoms with Gasteiger partial charge in [0.25, 0.3) is 0 Å². The van der Waals surface area contributed by atoms with Gasteiger partial charge in [0.2, 0.25) is 0 Å². The SMILES string of the molecule is Cc1onc(C23CC4CC(CC(C4)C2)C3)c1C(=O)O. The zero-order valence-electron chi connectivity index (χ0n) is 11.2. The molecule has 0 amide bonds. The third-order valence-electron chi connectivity index (χ3n) is 5.62. The highest BCUT2D eigenvalue weighted by Gasteiger charge is 2.54. The number of nitrogens with zero attached hydrogens (tertiary/aromatic N) is 1. The van der Waals surface area contributed by atoms with Crippen molar-refractivity contribution >= 4 is 5.97 Å². The van der Waals surface area contributed by atoms with Gasteiger partial charge in [-0.1, -0.05) is 5.16 Å². The molecule has 1 heterocycles. The maximum Gasteiger partial charge on any atom is 0.341 e. The van der Waals surface area contributed by atoms with E-state index in [-0.39, 0.29) is 5.41 Å². The summed E-state index contributed by atoms with van der Waals surface area (Å²) in [7, 11) is 0. The van der Waals surface area contributed by atoms with E-state index in [1.165, 1.54) is 19.3 Å². The van der Waals surface area contributed by atoms with Crippen molar-refractivity contribution < 1.29 is 14.4 Å². The Morgan fingerprint density at radius 3 is 2.21 bits per heavy atom. The molecule has 0 unspecified atom stereocenters. The van der Waals surface area contributed by atoms with Gasteiger partial charge in [-0.05, 0) is 63.2 Å². The van der Waals surface area contributed by atoms with E-state index in [0.29, 0.717) is 11.3 Å². The summed E-state index contributed by atoms with van der Waals surface area (Å²) in [5, 5.41) is 13.6. The summed E-state index contributed by atoms with van der Waals surface area (Å²) in [6, 6.07) is 0. The quantitative estimate of drug-likeness (QED) is 0.888. The largest absolute Gasteiger partial charge is 0.477 e. The fourth-order valence-electron chi connectivity index (χ4n) is 5.39. The lowest BCUT2D eigenvalue weighted by Crippen LogP contribution is -2.49. The summed E-state index contributed by atoms with van der Waals surface area (Å²) in [5.41, 5.74) is 1.08. The number of carboxylic acid groups (broad SMARTS) is 1. The molecule has 1 aromatic rings. The van der Waals surface area contributed by atoms with Crippen LogP contribution >= 0.6 is 0 Å². The molecule has 4 aliphatic carbocycles. The highest BCUT2D eigenvalue weighted by atomic mass is 16.5. The van der Waals surface area contributed by atoms with Crippen LogP contribution in [-0.4, -0.2) is 16.2 Å². The number of hydrogen-bond donors (Lipinski definition) is 1. The number of aromatic nitrogens is 1. The normalized spacial score (nSPS) is 39.7. The summed E-state index contributed by atoms with van der Waals surface area (Å²) >= 11 is 0. The Morgan fingerprint density at radius 2 is 1.74 bits per heavy atom. The molecule has 0 spiro atoms. The molecule has 0 atom stereocenters. The van der Waals surface area contributed by atoms with Crippen LogP contribution in [0.5, 0.6) is 0 Å². The molecule has 1 aromatic heterocycles. The van der Waals surface area contributed by atoms with Crippen LogP contribution < -0.4 is 0 Å². The Bertz CT molecular complexity index is 510. The molecule has 102 valence electrons. The summed E-state index contributed by atoms with van der Waals surface area (Å²) < 4.78 is 5.22. The van der Waals surface area contributed by atoms with E-state index in [9.17, 15) is 9.90 Å². The van der Waals surface area contributed by atoms with Gasteiger partial charge < -0.3 is 9.63 Å². The fourth-order valence-corrected chi connectivity index (χ4v) is 5.39. The molecule has 0 aromatic carbocycles. The van der Waals surface area contributed by atoms with Gasteiger partial charge in [-0.15, -0.1) is 0 Å². The van der Waals surface area contributed by atoms with Crippen LogP contribution in [0.25, 0.3) is 0 Å². The number of rotatable bonds is 2. The molecule has 0 saturated heterocycles. The predicted octanol–water partition coefficient (Wildman–Crippen LogP) is 3.15. The molecular formula is C15H19NO3. The molecule has 4 aliphatic rings. The summed E-state index contributed by atoms with van der Waals surface area (Å²) in [6.07, 6.45) is 7.39. The Kier molecular flexibility index (Phi) is 2.19.